The number of fused-ring (bicyclic) bond motifs is 1. The Kier molecular flexibility index (Phi) is 9.07. The Morgan fingerprint density at radius 1 is 1.11 bits per heavy atom. The van der Waals surface area contributed by atoms with Crippen LogP contribution in [0.2, 0.25) is 0 Å². The molecular formula is C27H36FN3O4. The lowest BCUT2D eigenvalue weighted by Crippen LogP contribution is -2.26. The van der Waals surface area contributed by atoms with Gasteiger partial charge in [-0.25, -0.2) is 9.18 Å². The molecule has 1 fully saturated rings. The molecule has 0 radical (unpaired) electrons. The minimum atomic E-state index is -1.15. The molecule has 0 spiro atoms. The van der Waals surface area contributed by atoms with Gasteiger partial charge in [-0.3, -0.25) is 9.59 Å². The van der Waals surface area contributed by atoms with Crippen LogP contribution in [-0.4, -0.2) is 27.6 Å². The summed E-state index contributed by atoms with van der Waals surface area (Å²) in [6.07, 6.45) is 11.3. The molecule has 35 heavy (non-hydrogen) atoms. The van der Waals surface area contributed by atoms with E-state index in [2.05, 4.69) is 10.6 Å². The number of nitrogens with one attached hydrogen (secondary N) is 2. The standard InChI is InChI=1S/C27H36FN3O4/c1-4-17(12-13-25(32)33)27(35)30-23-16-31(19(5-2)6-3)24-15-22(21(28)14-20(24)26(23)34)29-18-10-8-7-9-11-18/h12-19,29H,4-11H2,1-3H3,(H,30,35)(H,32,33)/b13-12+. The number of aromatic nitrogens is 1. The summed E-state index contributed by atoms with van der Waals surface area (Å²) in [6, 6.07) is 3.25. The molecule has 1 heterocycles. The van der Waals surface area contributed by atoms with Crippen molar-refractivity contribution in [3.05, 3.63) is 46.5 Å². The number of rotatable bonds is 10. The van der Waals surface area contributed by atoms with E-state index in [4.69, 9.17) is 5.11 Å². The third kappa shape index (κ3) is 6.29. The Bertz CT molecular complexity index is 1150. The van der Waals surface area contributed by atoms with E-state index in [1.54, 1.807) is 19.2 Å². The molecule has 0 bridgehead atoms. The molecule has 1 aromatic carbocycles. The molecule has 1 aromatic heterocycles. The molecule has 2 aromatic rings. The van der Waals surface area contributed by atoms with Gasteiger partial charge in [0.05, 0.1) is 22.5 Å². The average molecular weight is 486 g/mol. The number of hydrogen-bond acceptors (Lipinski definition) is 4. The van der Waals surface area contributed by atoms with Crippen LogP contribution in [0.4, 0.5) is 15.8 Å². The summed E-state index contributed by atoms with van der Waals surface area (Å²) in [7, 11) is 0. The van der Waals surface area contributed by atoms with E-state index in [0.29, 0.717) is 17.6 Å². The first-order valence-electron chi connectivity index (χ1n) is 12.7. The van der Waals surface area contributed by atoms with E-state index in [1.807, 2.05) is 18.4 Å². The van der Waals surface area contributed by atoms with E-state index in [1.165, 1.54) is 18.6 Å². The predicted octanol–water partition coefficient (Wildman–Crippen LogP) is 5.85. The smallest absolute Gasteiger partial charge is 0.328 e. The second kappa shape index (κ2) is 12.0. The molecule has 1 amide bonds. The maximum absolute atomic E-state index is 15.1. The largest absolute Gasteiger partial charge is 0.478 e. The maximum Gasteiger partial charge on any atom is 0.328 e. The van der Waals surface area contributed by atoms with E-state index in [0.717, 1.165) is 44.6 Å². The van der Waals surface area contributed by atoms with Crippen molar-refractivity contribution in [2.75, 3.05) is 10.6 Å². The second-order valence-corrected chi connectivity index (χ2v) is 9.28. The number of carbonyl (C=O) groups is 2. The van der Waals surface area contributed by atoms with Gasteiger partial charge < -0.3 is 20.3 Å². The molecule has 7 nitrogen and oxygen atoms in total. The number of halogens is 1. The number of aliphatic carboxylic acids is 1. The minimum absolute atomic E-state index is 0.0515. The number of nitrogens with zero attached hydrogens (tertiary/aromatic N) is 1. The van der Waals surface area contributed by atoms with Crippen LogP contribution in [0.1, 0.15) is 78.2 Å². The second-order valence-electron chi connectivity index (χ2n) is 9.28. The first kappa shape index (κ1) is 26.4. The number of carbonyl (C=O) groups excluding carboxylic acids is 1. The van der Waals surface area contributed by atoms with Crippen LogP contribution in [0, 0.1) is 11.7 Å². The zero-order valence-electron chi connectivity index (χ0n) is 20.8. The van der Waals surface area contributed by atoms with E-state index in [9.17, 15) is 14.4 Å². The Morgan fingerprint density at radius 3 is 2.40 bits per heavy atom. The molecule has 3 N–H and O–H groups in total. The third-order valence-corrected chi connectivity index (χ3v) is 6.93. The Hall–Kier alpha value is -3.16. The molecule has 1 aliphatic rings. The predicted molar refractivity (Wildman–Crippen MR) is 137 cm³/mol. The van der Waals surface area contributed by atoms with Crippen LogP contribution in [0.25, 0.3) is 10.9 Å². The number of carboxylic acids is 1. The highest BCUT2D eigenvalue weighted by atomic mass is 19.1. The fourth-order valence-electron chi connectivity index (χ4n) is 4.85. The van der Waals surface area contributed by atoms with Crippen LogP contribution < -0.4 is 16.1 Å². The van der Waals surface area contributed by atoms with Crippen molar-refractivity contribution in [3.63, 3.8) is 0 Å². The fourth-order valence-corrected chi connectivity index (χ4v) is 4.85. The van der Waals surface area contributed by atoms with Gasteiger partial charge >= 0.3 is 5.97 Å². The quantitative estimate of drug-likeness (QED) is 0.367. The van der Waals surface area contributed by atoms with Gasteiger partial charge in [0.1, 0.15) is 11.5 Å². The van der Waals surface area contributed by atoms with Gasteiger partial charge in [-0.05, 0) is 44.2 Å². The van der Waals surface area contributed by atoms with Gasteiger partial charge in [0.2, 0.25) is 11.3 Å². The van der Waals surface area contributed by atoms with Gasteiger partial charge in [-0.15, -0.1) is 0 Å². The summed E-state index contributed by atoms with van der Waals surface area (Å²) in [4.78, 5) is 37.0. The average Bonchev–Trinajstić information content (AvgIpc) is 2.84. The summed E-state index contributed by atoms with van der Waals surface area (Å²) in [5.74, 6) is -2.82. The van der Waals surface area contributed by atoms with Crippen LogP contribution in [0.5, 0.6) is 0 Å². The number of hydrogen-bond donors (Lipinski definition) is 3. The Labute approximate surface area is 205 Å². The normalized spacial score (nSPS) is 15.6. The van der Waals surface area contributed by atoms with Crippen molar-refractivity contribution in [2.24, 2.45) is 5.92 Å². The van der Waals surface area contributed by atoms with Gasteiger partial charge in [0.25, 0.3) is 0 Å². The van der Waals surface area contributed by atoms with Crippen LogP contribution in [0.3, 0.4) is 0 Å². The Morgan fingerprint density at radius 2 is 1.80 bits per heavy atom. The van der Waals surface area contributed by atoms with Gasteiger partial charge in [0.15, 0.2) is 0 Å². The first-order valence-corrected chi connectivity index (χ1v) is 12.7. The summed E-state index contributed by atoms with van der Waals surface area (Å²) < 4.78 is 17.1. The minimum Gasteiger partial charge on any atom is -0.478 e. The SMILES string of the molecule is CCC(/C=C/C(=O)O)C(=O)Nc1cn(C(CC)CC)c2cc(NC3CCCCC3)c(F)cc2c1=O. The highest BCUT2D eigenvalue weighted by Gasteiger charge is 2.21. The van der Waals surface area contributed by atoms with Crippen molar-refractivity contribution in [3.8, 4) is 0 Å². The zero-order chi connectivity index (χ0) is 25.5. The van der Waals surface area contributed by atoms with Crippen molar-refractivity contribution in [2.45, 2.75) is 84.2 Å². The highest BCUT2D eigenvalue weighted by Crippen LogP contribution is 2.30. The molecule has 1 atom stereocenters. The first-order chi connectivity index (χ1) is 16.8. The van der Waals surface area contributed by atoms with E-state index >= 15 is 4.39 Å². The number of amides is 1. The van der Waals surface area contributed by atoms with Crippen LogP contribution in [-0.2, 0) is 9.59 Å². The zero-order valence-corrected chi connectivity index (χ0v) is 20.8. The lowest BCUT2D eigenvalue weighted by Gasteiger charge is -2.26. The van der Waals surface area contributed by atoms with Crippen LogP contribution >= 0.6 is 0 Å². The molecular weight excluding hydrogens is 449 g/mol. The molecule has 190 valence electrons. The number of carboxylic acid groups (broad SMARTS) is 1. The lowest BCUT2D eigenvalue weighted by molar-refractivity contribution is -0.131. The number of anilines is 2. The number of pyridine rings is 1. The lowest BCUT2D eigenvalue weighted by atomic mass is 9.95. The van der Waals surface area contributed by atoms with E-state index < -0.39 is 29.0 Å². The van der Waals surface area contributed by atoms with Gasteiger partial charge in [-0.1, -0.05) is 46.1 Å². The molecule has 0 saturated heterocycles. The molecule has 0 aliphatic heterocycles. The highest BCUT2D eigenvalue weighted by molar-refractivity contribution is 5.96. The molecule has 1 unspecified atom stereocenters. The van der Waals surface area contributed by atoms with Crippen LogP contribution in [0.15, 0.2) is 35.3 Å². The molecule has 3 rings (SSSR count). The Balaban J connectivity index is 2.06. The fraction of sp³-hybridized carbons (Fsp3) is 0.519. The summed E-state index contributed by atoms with van der Waals surface area (Å²) >= 11 is 0. The van der Waals surface area contributed by atoms with Crippen molar-refractivity contribution in [1.82, 2.24) is 4.57 Å². The summed E-state index contributed by atoms with van der Waals surface area (Å²) in [5, 5.41) is 15.1. The monoisotopic (exact) mass is 485 g/mol. The summed E-state index contributed by atoms with van der Waals surface area (Å²) in [6.45, 7) is 5.85. The van der Waals surface area contributed by atoms with Gasteiger partial charge in [-0.2, -0.15) is 0 Å². The number of benzene rings is 1. The third-order valence-electron chi connectivity index (χ3n) is 6.93. The molecule has 1 saturated carbocycles. The topological polar surface area (TPSA) is 100 Å². The van der Waals surface area contributed by atoms with Gasteiger partial charge in [0, 0.05) is 24.4 Å². The van der Waals surface area contributed by atoms with E-state index in [-0.39, 0.29) is 23.2 Å². The van der Waals surface area contributed by atoms with Crippen molar-refractivity contribution in [1.29, 1.82) is 0 Å². The summed E-state index contributed by atoms with van der Waals surface area (Å²) in [5.41, 5.74) is 0.615. The molecule has 8 heteroatoms. The molecule has 1 aliphatic carbocycles. The van der Waals surface area contributed by atoms with Crippen molar-refractivity contribution < 1.29 is 19.1 Å². The maximum atomic E-state index is 15.1. The van der Waals surface area contributed by atoms with Crippen molar-refractivity contribution >= 4 is 34.2 Å².